The third-order valence-corrected chi connectivity index (χ3v) is 7.76. The molecule has 11 nitrogen and oxygen atoms in total. The van der Waals surface area contributed by atoms with Crippen molar-refractivity contribution in [1.29, 1.82) is 0 Å². The van der Waals surface area contributed by atoms with Crippen molar-refractivity contribution in [3.8, 4) is 28.5 Å². The van der Waals surface area contributed by atoms with Crippen LogP contribution in [0.2, 0.25) is 5.02 Å². The second kappa shape index (κ2) is 16.8. The van der Waals surface area contributed by atoms with Crippen LogP contribution in [-0.4, -0.2) is 80.9 Å². The molecule has 1 aliphatic rings. The van der Waals surface area contributed by atoms with Crippen LogP contribution in [0.5, 0.6) is 17.2 Å². The van der Waals surface area contributed by atoms with E-state index in [1.807, 2.05) is 11.4 Å². The number of unbranched alkanes of at least 4 members (excludes halogenated alkanes) is 2. The van der Waals surface area contributed by atoms with E-state index in [4.69, 9.17) is 35.3 Å². The molecule has 0 bridgehead atoms. The minimum atomic E-state index is -0.387. The summed E-state index contributed by atoms with van der Waals surface area (Å²) in [6.07, 6.45) is 2.47. The molecule has 4 rings (SSSR count). The molecule has 236 valence electrons. The van der Waals surface area contributed by atoms with Crippen molar-refractivity contribution in [2.24, 2.45) is 0 Å². The number of carbonyl (C=O) groups excluding carboxylic acids is 3. The first kappa shape index (κ1) is 33.0. The van der Waals surface area contributed by atoms with Crippen molar-refractivity contribution in [2.75, 3.05) is 58.6 Å². The highest BCUT2D eigenvalue weighted by molar-refractivity contribution is 7.14. The Balaban J connectivity index is 1.40. The lowest BCUT2D eigenvalue weighted by molar-refractivity contribution is -0.143. The van der Waals surface area contributed by atoms with Gasteiger partial charge in [0.05, 0.1) is 44.3 Å². The lowest BCUT2D eigenvalue weighted by atomic mass is 10.1. The molecule has 1 N–H and O–H groups in total. The van der Waals surface area contributed by atoms with Crippen LogP contribution in [-0.2, 0) is 19.1 Å². The van der Waals surface area contributed by atoms with E-state index < -0.39 is 0 Å². The van der Waals surface area contributed by atoms with Gasteiger partial charge in [-0.25, -0.2) is 4.98 Å². The highest BCUT2D eigenvalue weighted by Crippen LogP contribution is 2.34. The molecule has 2 heterocycles. The molecule has 3 aromatic rings. The Kier molecular flexibility index (Phi) is 12.6. The number of hydrogen-bond donors (Lipinski definition) is 1. The molecule has 13 heteroatoms. The normalized spacial score (nSPS) is 12.8. The predicted octanol–water partition coefficient (Wildman–Crippen LogP) is 5.46. The zero-order valence-corrected chi connectivity index (χ0v) is 26.3. The summed E-state index contributed by atoms with van der Waals surface area (Å²) in [7, 11) is 1.57. The van der Waals surface area contributed by atoms with Crippen molar-refractivity contribution in [2.45, 2.75) is 32.6 Å². The summed E-state index contributed by atoms with van der Waals surface area (Å²) in [5.74, 6) is 0.559. The predicted molar refractivity (Wildman–Crippen MR) is 167 cm³/mol. The number of benzene rings is 2. The van der Waals surface area contributed by atoms with Gasteiger partial charge in [-0.1, -0.05) is 11.6 Å². The van der Waals surface area contributed by atoms with Gasteiger partial charge in [0, 0.05) is 36.0 Å². The van der Waals surface area contributed by atoms with Gasteiger partial charge in [0.15, 0.2) is 23.2 Å². The summed E-state index contributed by atoms with van der Waals surface area (Å²) >= 11 is 7.66. The summed E-state index contributed by atoms with van der Waals surface area (Å²) in [4.78, 5) is 43.6. The van der Waals surface area contributed by atoms with E-state index in [1.54, 1.807) is 49.3 Å². The summed E-state index contributed by atoms with van der Waals surface area (Å²) in [6.45, 7) is 4.32. The molecule has 0 aliphatic carbocycles. The fourth-order valence-corrected chi connectivity index (χ4v) is 5.32. The van der Waals surface area contributed by atoms with Crippen LogP contribution in [0.1, 0.15) is 43.0 Å². The van der Waals surface area contributed by atoms with Crippen molar-refractivity contribution < 1.29 is 38.1 Å². The Hall–Kier alpha value is -3.87. The van der Waals surface area contributed by atoms with Gasteiger partial charge in [-0.2, -0.15) is 0 Å². The minimum Gasteiger partial charge on any atom is -0.497 e. The average Bonchev–Trinajstić information content (AvgIpc) is 3.50. The Labute approximate surface area is 265 Å². The largest absolute Gasteiger partial charge is 0.497 e. The molecule has 1 saturated heterocycles. The van der Waals surface area contributed by atoms with Crippen LogP contribution >= 0.6 is 22.9 Å². The van der Waals surface area contributed by atoms with E-state index >= 15 is 0 Å². The first-order valence-corrected chi connectivity index (χ1v) is 15.6. The molecule has 0 radical (unpaired) electrons. The molecule has 0 unspecified atom stereocenters. The number of nitrogens with one attached hydrogen (secondary N) is 1. The van der Waals surface area contributed by atoms with Gasteiger partial charge in [-0.3, -0.25) is 19.7 Å². The number of aromatic nitrogens is 1. The van der Waals surface area contributed by atoms with E-state index in [1.165, 1.54) is 11.3 Å². The van der Waals surface area contributed by atoms with E-state index in [-0.39, 0.29) is 24.4 Å². The fourth-order valence-electron chi connectivity index (χ4n) is 4.34. The van der Waals surface area contributed by atoms with Crippen LogP contribution in [0, 0.1) is 0 Å². The van der Waals surface area contributed by atoms with Crippen LogP contribution in [0.15, 0.2) is 41.8 Å². The number of anilines is 1. The third-order valence-electron chi connectivity index (χ3n) is 6.69. The number of ether oxygens (including phenoxy) is 5. The Morgan fingerprint density at radius 2 is 1.86 bits per heavy atom. The van der Waals surface area contributed by atoms with E-state index in [2.05, 4.69) is 10.3 Å². The van der Waals surface area contributed by atoms with Gasteiger partial charge in [0.1, 0.15) is 5.75 Å². The smallest absolute Gasteiger partial charge is 0.305 e. The topological polar surface area (TPSA) is 126 Å². The quantitative estimate of drug-likeness (QED) is 0.169. The van der Waals surface area contributed by atoms with Crippen molar-refractivity contribution in [1.82, 2.24) is 9.88 Å². The fraction of sp³-hybridized carbons (Fsp3) is 0.419. The second-order valence-corrected chi connectivity index (χ2v) is 11.0. The lowest BCUT2D eigenvalue weighted by Gasteiger charge is -2.26. The molecule has 1 aliphatic heterocycles. The van der Waals surface area contributed by atoms with E-state index in [9.17, 15) is 14.4 Å². The van der Waals surface area contributed by atoms with Crippen molar-refractivity contribution in [3.05, 3.63) is 52.4 Å². The van der Waals surface area contributed by atoms with Gasteiger partial charge < -0.3 is 28.6 Å². The number of amides is 2. The second-order valence-electron chi connectivity index (χ2n) is 9.75. The molecule has 2 aromatic carbocycles. The number of halogens is 1. The maximum atomic E-state index is 13.2. The molecule has 1 fully saturated rings. The molecular formula is C31H36ClN3O8S. The first-order chi connectivity index (χ1) is 21.4. The van der Waals surface area contributed by atoms with Gasteiger partial charge in [0.25, 0.3) is 11.8 Å². The number of carbonyl (C=O) groups is 3. The molecule has 0 spiro atoms. The first-order valence-electron chi connectivity index (χ1n) is 14.4. The summed E-state index contributed by atoms with van der Waals surface area (Å²) in [5, 5.41) is 5.52. The zero-order chi connectivity index (χ0) is 31.3. The van der Waals surface area contributed by atoms with Gasteiger partial charge in [-0.05, 0) is 62.6 Å². The molecule has 44 heavy (non-hydrogen) atoms. The van der Waals surface area contributed by atoms with E-state index in [0.29, 0.717) is 97.4 Å². The molecular weight excluding hydrogens is 610 g/mol. The number of thiazole rings is 1. The molecule has 0 atom stereocenters. The number of esters is 1. The number of nitrogens with zero attached hydrogens (tertiary/aromatic N) is 2. The highest BCUT2D eigenvalue weighted by atomic mass is 35.5. The van der Waals surface area contributed by atoms with Crippen LogP contribution in [0.3, 0.4) is 0 Å². The Morgan fingerprint density at radius 3 is 2.61 bits per heavy atom. The average molecular weight is 646 g/mol. The number of morpholine rings is 1. The molecule has 1 aromatic heterocycles. The SMILES string of the molecule is CCOC(=O)CCCCCOc1cc(C(=O)Nc2nc(-c3ccc(OC)cc3Cl)cs2)ccc1OCC(=O)N1CCOCC1. The lowest BCUT2D eigenvalue weighted by Crippen LogP contribution is -2.43. The van der Waals surface area contributed by atoms with Crippen molar-refractivity contribution in [3.63, 3.8) is 0 Å². The van der Waals surface area contributed by atoms with Crippen molar-refractivity contribution >= 4 is 45.9 Å². The Morgan fingerprint density at radius 1 is 1.05 bits per heavy atom. The number of hydrogen-bond acceptors (Lipinski definition) is 10. The van der Waals surface area contributed by atoms with Crippen LogP contribution < -0.4 is 19.5 Å². The van der Waals surface area contributed by atoms with Gasteiger partial charge >= 0.3 is 5.97 Å². The van der Waals surface area contributed by atoms with Gasteiger partial charge in [-0.15, -0.1) is 11.3 Å². The highest BCUT2D eigenvalue weighted by Gasteiger charge is 2.19. The molecule has 0 saturated carbocycles. The maximum absolute atomic E-state index is 13.2. The standard InChI is InChI=1S/C31H36ClN3O8S/c1-3-41-29(37)7-5-4-6-14-42-27-17-21(8-11-26(27)43-19-28(36)35-12-15-40-16-13-35)30(38)34-31-33-25(20-44-31)23-10-9-22(39-2)18-24(23)32/h8-11,17-18,20H,3-7,12-16,19H2,1-2H3,(H,33,34,38). The van der Waals surface area contributed by atoms with Crippen LogP contribution in [0.4, 0.5) is 5.13 Å². The van der Waals surface area contributed by atoms with E-state index in [0.717, 1.165) is 12.0 Å². The number of methoxy groups -OCH3 is 1. The monoisotopic (exact) mass is 645 g/mol. The maximum Gasteiger partial charge on any atom is 0.305 e. The number of rotatable bonds is 15. The third kappa shape index (κ3) is 9.57. The summed E-state index contributed by atoms with van der Waals surface area (Å²) in [6, 6.07) is 10.1. The van der Waals surface area contributed by atoms with Gasteiger partial charge in [0.2, 0.25) is 0 Å². The van der Waals surface area contributed by atoms with Crippen LogP contribution in [0.25, 0.3) is 11.3 Å². The molecule has 2 amide bonds. The minimum absolute atomic E-state index is 0.156. The zero-order valence-electron chi connectivity index (χ0n) is 24.8. The summed E-state index contributed by atoms with van der Waals surface area (Å²) < 4.78 is 27.3. The Bertz CT molecular complexity index is 1430. The summed E-state index contributed by atoms with van der Waals surface area (Å²) in [5.41, 5.74) is 1.67.